The number of aryl methyl sites for hydroxylation is 1. The summed E-state index contributed by atoms with van der Waals surface area (Å²) in [4.78, 5) is 35.1. The first-order chi connectivity index (χ1) is 12.9. The highest BCUT2D eigenvalue weighted by Gasteiger charge is 2.45. The third-order valence-corrected chi connectivity index (χ3v) is 6.38. The molecule has 1 saturated heterocycles. The van der Waals surface area contributed by atoms with E-state index in [0.717, 1.165) is 38.5 Å². The van der Waals surface area contributed by atoms with Crippen molar-refractivity contribution in [2.45, 2.75) is 44.8 Å². The van der Waals surface area contributed by atoms with Crippen molar-refractivity contribution in [3.8, 4) is 0 Å². The minimum absolute atomic E-state index is 0.129. The van der Waals surface area contributed by atoms with Gasteiger partial charge in [0.2, 0.25) is 0 Å². The van der Waals surface area contributed by atoms with Gasteiger partial charge < -0.3 is 19.5 Å². The SMILES string of the molecule is Cc1cc(C(=O)N2C[C@H]3C[C@@H](N(C)C)[C@H](OCC4CC4)C[C@H]3C2)nc(=O)[nH]1. The highest BCUT2D eigenvalue weighted by atomic mass is 16.5. The first-order valence-electron chi connectivity index (χ1n) is 10.1. The second-order valence-electron chi connectivity index (χ2n) is 8.80. The Morgan fingerprint density at radius 2 is 2.00 bits per heavy atom. The Morgan fingerprint density at radius 3 is 2.63 bits per heavy atom. The largest absolute Gasteiger partial charge is 0.376 e. The van der Waals surface area contributed by atoms with Gasteiger partial charge in [-0.1, -0.05) is 0 Å². The Kier molecular flexibility index (Phi) is 5.07. The predicted molar refractivity (Wildman–Crippen MR) is 102 cm³/mol. The van der Waals surface area contributed by atoms with E-state index in [1.165, 1.54) is 12.8 Å². The molecule has 0 radical (unpaired) electrons. The summed E-state index contributed by atoms with van der Waals surface area (Å²) in [5.41, 5.74) is 0.452. The zero-order chi connectivity index (χ0) is 19.1. The van der Waals surface area contributed by atoms with E-state index in [4.69, 9.17) is 4.74 Å². The summed E-state index contributed by atoms with van der Waals surface area (Å²) < 4.78 is 6.30. The topological polar surface area (TPSA) is 78.5 Å². The highest BCUT2D eigenvalue weighted by molar-refractivity contribution is 5.92. The zero-order valence-electron chi connectivity index (χ0n) is 16.5. The molecule has 0 spiro atoms. The summed E-state index contributed by atoms with van der Waals surface area (Å²) in [5, 5.41) is 0. The first-order valence-corrected chi connectivity index (χ1v) is 10.1. The molecule has 1 amide bonds. The molecule has 1 N–H and O–H groups in total. The van der Waals surface area contributed by atoms with Crippen LogP contribution in [-0.4, -0.2) is 71.6 Å². The van der Waals surface area contributed by atoms with Crippen molar-refractivity contribution >= 4 is 5.91 Å². The molecule has 27 heavy (non-hydrogen) atoms. The van der Waals surface area contributed by atoms with Crippen molar-refractivity contribution in [3.05, 3.63) is 27.9 Å². The summed E-state index contributed by atoms with van der Waals surface area (Å²) in [5.74, 6) is 1.59. The Hall–Kier alpha value is -1.73. The summed E-state index contributed by atoms with van der Waals surface area (Å²) in [6.07, 6.45) is 4.91. The van der Waals surface area contributed by atoms with E-state index in [2.05, 4.69) is 29.0 Å². The number of hydrogen-bond donors (Lipinski definition) is 1. The molecule has 2 aliphatic carbocycles. The van der Waals surface area contributed by atoms with Gasteiger partial charge in [-0.25, -0.2) is 4.79 Å². The summed E-state index contributed by atoms with van der Waals surface area (Å²) in [7, 11) is 4.25. The molecular weight excluding hydrogens is 344 g/mol. The number of rotatable bonds is 5. The smallest absolute Gasteiger partial charge is 0.345 e. The number of carbonyl (C=O) groups is 1. The molecule has 4 rings (SSSR count). The van der Waals surface area contributed by atoms with Gasteiger partial charge in [0.15, 0.2) is 0 Å². The number of nitrogens with zero attached hydrogens (tertiary/aromatic N) is 3. The predicted octanol–water partition coefficient (Wildman–Crippen LogP) is 1.29. The minimum Gasteiger partial charge on any atom is -0.376 e. The van der Waals surface area contributed by atoms with Crippen LogP contribution in [0.3, 0.4) is 0 Å². The molecule has 2 heterocycles. The number of H-pyrrole nitrogens is 1. The third-order valence-electron chi connectivity index (χ3n) is 6.38. The molecule has 1 aromatic rings. The average Bonchev–Trinajstić information content (AvgIpc) is 3.35. The lowest BCUT2D eigenvalue weighted by atomic mass is 9.77. The van der Waals surface area contributed by atoms with Crippen molar-refractivity contribution in [2.24, 2.45) is 17.8 Å². The van der Waals surface area contributed by atoms with E-state index in [1.54, 1.807) is 13.0 Å². The van der Waals surface area contributed by atoms with Crippen LogP contribution in [0.15, 0.2) is 10.9 Å². The van der Waals surface area contributed by atoms with Crippen LogP contribution >= 0.6 is 0 Å². The van der Waals surface area contributed by atoms with Crippen LogP contribution in [0.25, 0.3) is 0 Å². The molecule has 4 atom stereocenters. The maximum absolute atomic E-state index is 12.9. The van der Waals surface area contributed by atoms with Gasteiger partial charge in [-0.2, -0.15) is 4.98 Å². The van der Waals surface area contributed by atoms with Gasteiger partial charge in [0.05, 0.1) is 6.10 Å². The fourth-order valence-corrected chi connectivity index (χ4v) is 4.67. The van der Waals surface area contributed by atoms with E-state index in [-0.39, 0.29) is 17.7 Å². The standard InChI is InChI=1S/C20H30N4O3/c1-12-6-16(22-20(26)21-12)19(25)24-9-14-7-17(23(2)3)18(8-15(14)10-24)27-11-13-4-5-13/h6,13-15,17-18H,4-5,7-11H2,1-3H3,(H,21,22,26)/t14-,15+,17-,18-/m1/s1. The van der Waals surface area contributed by atoms with Crippen molar-refractivity contribution in [3.63, 3.8) is 0 Å². The molecular formula is C20H30N4O3. The molecule has 3 aliphatic rings. The molecule has 0 aromatic carbocycles. The number of hydrogen-bond acceptors (Lipinski definition) is 5. The molecule has 0 bridgehead atoms. The highest BCUT2D eigenvalue weighted by Crippen LogP contribution is 2.40. The van der Waals surface area contributed by atoms with Crippen LogP contribution in [0.1, 0.15) is 41.9 Å². The van der Waals surface area contributed by atoms with Gasteiger partial charge in [0, 0.05) is 31.4 Å². The van der Waals surface area contributed by atoms with Gasteiger partial charge in [-0.15, -0.1) is 0 Å². The van der Waals surface area contributed by atoms with E-state index in [0.29, 0.717) is 23.6 Å². The number of nitrogens with one attached hydrogen (secondary N) is 1. The van der Waals surface area contributed by atoms with Crippen LogP contribution in [0.2, 0.25) is 0 Å². The number of aromatic amines is 1. The first kappa shape index (κ1) is 18.6. The average molecular weight is 374 g/mol. The molecule has 7 heteroatoms. The zero-order valence-corrected chi connectivity index (χ0v) is 16.5. The van der Waals surface area contributed by atoms with Crippen LogP contribution < -0.4 is 5.69 Å². The molecule has 7 nitrogen and oxygen atoms in total. The maximum Gasteiger partial charge on any atom is 0.345 e. The van der Waals surface area contributed by atoms with Crippen molar-refractivity contribution in [1.82, 2.24) is 19.8 Å². The second-order valence-corrected chi connectivity index (χ2v) is 8.80. The number of carbonyl (C=O) groups excluding carboxylic acids is 1. The Bertz CT molecular complexity index is 758. The Labute approximate surface area is 160 Å². The number of aromatic nitrogens is 2. The Balaban J connectivity index is 1.45. The monoisotopic (exact) mass is 374 g/mol. The summed E-state index contributed by atoms with van der Waals surface area (Å²) in [6, 6.07) is 2.07. The van der Waals surface area contributed by atoms with E-state index >= 15 is 0 Å². The van der Waals surface area contributed by atoms with Gasteiger partial charge in [-0.3, -0.25) is 4.79 Å². The quantitative estimate of drug-likeness (QED) is 0.840. The van der Waals surface area contributed by atoms with Crippen LogP contribution in [0.5, 0.6) is 0 Å². The molecule has 148 valence electrons. The van der Waals surface area contributed by atoms with Gasteiger partial charge >= 0.3 is 5.69 Å². The molecule has 3 fully saturated rings. The number of amides is 1. The van der Waals surface area contributed by atoms with E-state index < -0.39 is 5.69 Å². The van der Waals surface area contributed by atoms with E-state index in [9.17, 15) is 9.59 Å². The lowest BCUT2D eigenvalue weighted by Crippen LogP contribution is -2.48. The fourth-order valence-electron chi connectivity index (χ4n) is 4.67. The van der Waals surface area contributed by atoms with Crippen LogP contribution in [-0.2, 0) is 4.74 Å². The molecule has 2 saturated carbocycles. The molecule has 0 unspecified atom stereocenters. The van der Waals surface area contributed by atoms with Crippen LogP contribution in [0, 0.1) is 24.7 Å². The lowest BCUT2D eigenvalue weighted by Gasteiger charge is -2.41. The van der Waals surface area contributed by atoms with Gasteiger partial charge in [-0.05, 0) is 70.5 Å². The number of likely N-dealkylation sites (N-methyl/N-ethyl adjacent to an activating group) is 1. The lowest BCUT2D eigenvalue weighted by molar-refractivity contribution is -0.0493. The van der Waals surface area contributed by atoms with E-state index in [1.807, 2.05) is 4.90 Å². The van der Waals surface area contributed by atoms with Crippen molar-refractivity contribution in [1.29, 1.82) is 0 Å². The minimum atomic E-state index is -0.462. The van der Waals surface area contributed by atoms with Crippen molar-refractivity contribution < 1.29 is 9.53 Å². The number of fused-ring (bicyclic) bond motifs is 1. The maximum atomic E-state index is 12.9. The number of ether oxygens (including phenoxy) is 1. The third kappa shape index (κ3) is 4.09. The number of likely N-dealkylation sites (tertiary alicyclic amines) is 1. The second kappa shape index (κ2) is 7.36. The fraction of sp³-hybridized carbons (Fsp3) is 0.750. The van der Waals surface area contributed by atoms with Crippen molar-refractivity contribution in [2.75, 3.05) is 33.8 Å². The summed E-state index contributed by atoms with van der Waals surface area (Å²) >= 11 is 0. The normalized spacial score (nSPS) is 30.6. The summed E-state index contributed by atoms with van der Waals surface area (Å²) in [6.45, 7) is 4.13. The molecule has 1 aliphatic heterocycles. The van der Waals surface area contributed by atoms with Gasteiger partial charge in [0.1, 0.15) is 5.69 Å². The molecule has 1 aromatic heterocycles. The van der Waals surface area contributed by atoms with Crippen LogP contribution in [0.4, 0.5) is 0 Å². The van der Waals surface area contributed by atoms with Gasteiger partial charge in [0.25, 0.3) is 5.91 Å². The Morgan fingerprint density at radius 1 is 1.30 bits per heavy atom.